The van der Waals surface area contributed by atoms with Crippen LogP contribution in [0.15, 0.2) is 83.3 Å². The lowest BCUT2D eigenvalue weighted by atomic mass is 10.1. The topological polar surface area (TPSA) is 48.7 Å². The van der Waals surface area contributed by atoms with Crippen molar-refractivity contribution >= 4 is 16.8 Å². The number of methoxy groups -OCH3 is 1. The van der Waals surface area contributed by atoms with Gasteiger partial charge in [0.25, 0.3) is 0 Å². The summed E-state index contributed by atoms with van der Waals surface area (Å²) in [4.78, 5) is 12.7. The minimum Gasteiger partial charge on any atom is -0.497 e. The number of hydrogen-bond acceptors (Lipinski definition) is 4. The van der Waals surface area contributed by atoms with Crippen LogP contribution in [0.4, 0.5) is 0 Å². The molecular weight excluding hydrogens is 340 g/mol. The van der Waals surface area contributed by atoms with Crippen molar-refractivity contribution in [2.75, 3.05) is 7.11 Å². The van der Waals surface area contributed by atoms with Gasteiger partial charge < -0.3 is 13.9 Å². The van der Waals surface area contributed by atoms with E-state index in [1.165, 1.54) is 0 Å². The Kier molecular flexibility index (Phi) is 4.62. The highest BCUT2D eigenvalue weighted by Crippen LogP contribution is 2.26. The van der Waals surface area contributed by atoms with Crippen LogP contribution in [0.1, 0.15) is 21.7 Å². The molecular formula is C23H18O4. The lowest BCUT2D eigenvalue weighted by Crippen LogP contribution is -2.00. The van der Waals surface area contributed by atoms with Gasteiger partial charge in [-0.2, -0.15) is 0 Å². The van der Waals surface area contributed by atoms with E-state index in [4.69, 9.17) is 13.9 Å². The number of benzene rings is 3. The predicted molar refractivity (Wildman–Crippen MR) is 103 cm³/mol. The number of furan rings is 1. The van der Waals surface area contributed by atoms with Gasteiger partial charge in [-0.05, 0) is 48.0 Å². The summed E-state index contributed by atoms with van der Waals surface area (Å²) in [5.41, 5.74) is 2.27. The number of hydrogen-bond donors (Lipinski definition) is 0. The minimum atomic E-state index is -0.167. The predicted octanol–water partition coefficient (Wildman–Crippen LogP) is 5.25. The van der Waals surface area contributed by atoms with Crippen molar-refractivity contribution in [3.05, 3.63) is 95.7 Å². The van der Waals surface area contributed by atoms with E-state index in [-0.39, 0.29) is 5.78 Å². The zero-order valence-corrected chi connectivity index (χ0v) is 14.8. The summed E-state index contributed by atoms with van der Waals surface area (Å²) < 4.78 is 16.6. The van der Waals surface area contributed by atoms with E-state index in [9.17, 15) is 4.79 Å². The molecule has 0 fully saturated rings. The average molecular weight is 358 g/mol. The molecule has 27 heavy (non-hydrogen) atoms. The first-order valence-corrected chi connectivity index (χ1v) is 8.62. The van der Waals surface area contributed by atoms with Crippen molar-refractivity contribution in [2.45, 2.75) is 6.61 Å². The van der Waals surface area contributed by atoms with E-state index in [2.05, 4.69) is 0 Å². The Balaban J connectivity index is 1.49. The summed E-state index contributed by atoms with van der Waals surface area (Å²) in [5.74, 6) is 1.54. The van der Waals surface area contributed by atoms with Crippen LogP contribution in [0.5, 0.6) is 11.5 Å². The van der Waals surface area contributed by atoms with Gasteiger partial charge in [0.05, 0.1) is 7.11 Å². The number of rotatable bonds is 6. The van der Waals surface area contributed by atoms with Gasteiger partial charge in [0, 0.05) is 17.0 Å². The Hall–Kier alpha value is -3.53. The van der Waals surface area contributed by atoms with Crippen LogP contribution in [0.3, 0.4) is 0 Å². The van der Waals surface area contributed by atoms with E-state index in [0.717, 1.165) is 10.9 Å². The van der Waals surface area contributed by atoms with Crippen LogP contribution in [0, 0.1) is 0 Å². The summed E-state index contributed by atoms with van der Waals surface area (Å²) >= 11 is 0. The molecule has 0 radical (unpaired) electrons. The molecule has 0 unspecified atom stereocenters. The molecule has 0 atom stereocenters. The van der Waals surface area contributed by atoms with E-state index >= 15 is 0 Å². The number of ketones is 1. The zero-order valence-electron chi connectivity index (χ0n) is 14.8. The fraction of sp³-hybridized carbons (Fsp3) is 0.0870. The van der Waals surface area contributed by atoms with Gasteiger partial charge in [0.1, 0.15) is 23.7 Å². The van der Waals surface area contributed by atoms with E-state index in [1.54, 1.807) is 43.5 Å². The maximum absolute atomic E-state index is 12.7. The fourth-order valence-corrected chi connectivity index (χ4v) is 2.84. The van der Waals surface area contributed by atoms with Crippen molar-refractivity contribution in [1.29, 1.82) is 0 Å². The second-order valence-electron chi connectivity index (χ2n) is 6.14. The van der Waals surface area contributed by atoms with Gasteiger partial charge in [-0.1, -0.05) is 30.3 Å². The first kappa shape index (κ1) is 16.9. The minimum absolute atomic E-state index is 0.167. The van der Waals surface area contributed by atoms with Gasteiger partial charge in [-0.25, -0.2) is 0 Å². The highest BCUT2D eigenvalue weighted by molar-refractivity contribution is 6.09. The largest absolute Gasteiger partial charge is 0.497 e. The number of fused-ring (bicyclic) bond motifs is 1. The maximum atomic E-state index is 12.7. The van der Waals surface area contributed by atoms with E-state index in [0.29, 0.717) is 35.0 Å². The van der Waals surface area contributed by atoms with Crippen molar-refractivity contribution in [1.82, 2.24) is 0 Å². The van der Waals surface area contributed by atoms with Crippen LogP contribution in [-0.2, 0) is 6.61 Å². The Morgan fingerprint density at radius 1 is 0.889 bits per heavy atom. The number of ether oxygens (including phenoxy) is 2. The standard InChI is InChI=1S/C23H18O4/c1-25-20-12-9-18-13-22(27-21(18)14-20)23(24)17-7-10-19(11-8-17)26-15-16-5-3-2-4-6-16/h2-14H,15H2,1H3. The Labute approximate surface area is 157 Å². The highest BCUT2D eigenvalue weighted by Gasteiger charge is 2.15. The van der Waals surface area contributed by atoms with Gasteiger partial charge in [0.2, 0.25) is 5.78 Å². The fourth-order valence-electron chi connectivity index (χ4n) is 2.84. The average Bonchev–Trinajstić information content (AvgIpc) is 3.16. The van der Waals surface area contributed by atoms with Crippen molar-refractivity contribution in [2.24, 2.45) is 0 Å². The quantitative estimate of drug-likeness (QED) is 0.442. The molecule has 0 amide bonds. The van der Waals surface area contributed by atoms with Crippen LogP contribution in [-0.4, -0.2) is 12.9 Å². The Bertz CT molecular complexity index is 1060. The lowest BCUT2D eigenvalue weighted by Gasteiger charge is -2.06. The highest BCUT2D eigenvalue weighted by atomic mass is 16.5. The summed E-state index contributed by atoms with van der Waals surface area (Å²) in [6.07, 6.45) is 0. The molecule has 1 aromatic heterocycles. The van der Waals surface area contributed by atoms with Crippen molar-refractivity contribution in [3.8, 4) is 11.5 Å². The smallest absolute Gasteiger partial charge is 0.228 e. The molecule has 0 bridgehead atoms. The van der Waals surface area contributed by atoms with Crippen LogP contribution >= 0.6 is 0 Å². The monoisotopic (exact) mass is 358 g/mol. The molecule has 4 aromatic rings. The van der Waals surface area contributed by atoms with Crippen molar-refractivity contribution < 1.29 is 18.7 Å². The number of carbonyl (C=O) groups excluding carboxylic acids is 1. The third kappa shape index (κ3) is 3.70. The van der Waals surface area contributed by atoms with Gasteiger partial charge >= 0.3 is 0 Å². The molecule has 0 saturated heterocycles. The molecule has 0 N–H and O–H groups in total. The summed E-state index contributed by atoms with van der Waals surface area (Å²) in [6, 6.07) is 24.2. The maximum Gasteiger partial charge on any atom is 0.228 e. The molecule has 0 aliphatic heterocycles. The van der Waals surface area contributed by atoms with E-state index < -0.39 is 0 Å². The first-order valence-electron chi connectivity index (χ1n) is 8.62. The first-order chi connectivity index (χ1) is 13.2. The van der Waals surface area contributed by atoms with Crippen LogP contribution < -0.4 is 9.47 Å². The van der Waals surface area contributed by atoms with E-state index in [1.807, 2.05) is 42.5 Å². The molecule has 1 heterocycles. The second kappa shape index (κ2) is 7.38. The Morgan fingerprint density at radius 3 is 2.37 bits per heavy atom. The van der Waals surface area contributed by atoms with Gasteiger partial charge in [0.15, 0.2) is 5.76 Å². The molecule has 4 rings (SSSR count). The second-order valence-corrected chi connectivity index (χ2v) is 6.14. The zero-order chi connectivity index (χ0) is 18.6. The molecule has 4 heteroatoms. The summed E-state index contributed by atoms with van der Waals surface area (Å²) in [6.45, 7) is 0.486. The van der Waals surface area contributed by atoms with Gasteiger partial charge in [-0.3, -0.25) is 4.79 Å². The third-order valence-corrected chi connectivity index (χ3v) is 4.32. The van der Waals surface area contributed by atoms with Crippen molar-refractivity contribution in [3.63, 3.8) is 0 Å². The third-order valence-electron chi connectivity index (χ3n) is 4.32. The molecule has 3 aromatic carbocycles. The molecule has 0 aliphatic carbocycles. The molecule has 0 saturated carbocycles. The van der Waals surface area contributed by atoms with Crippen LogP contribution in [0.25, 0.3) is 11.0 Å². The van der Waals surface area contributed by atoms with Gasteiger partial charge in [-0.15, -0.1) is 0 Å². The SMILES string of the molecule is COc1ccc2cc(C(=O)c3ccc(OCc4ccccc4)cc3)oc2c1. The summed E-state index contributed by atoms with van der Waals surface area (Å²) in [7, 11) is 1.59. The molecule has 134 valence electrons. The molecule has 4 nitrogen and oxygen atoms in total. The molecule has 0 spiro atoms. The summed E-state index contributed by atoms with van der Waals surface area (Å²) in [5, 5.41) is 0.863. The molecule has 0 aliphatic rings. The lowest BCUT2D eigenvalue weighted by molar-refractivity contribution is 0.101. The van der Waals surface area contributed by atoms with Crippen LogP contribution in [0.2, 0.25) is 0 Å². The Morgan fingerprint density at radius 2 is 1.63 bits per heavy atom. The number of carbonyl (C=O) groups is 1. The normalized spacial score (nSPS) is 10.7.